The molecule has 0 spiro atoms. The fourth-order valence-corrected chi connectivity index (χ4v) is 3.62. The first kappa shape index (κ1) is 25.0. The van der Waals surface area contributed by atoms with Gasteiger partial charge >= 0.3 is 6.09 Å². The van der Waals surface area contributed by atoms with E-state index < -0.39 is 37.9 Å². The van der Waals surface area contributed by atoms with Gasteiger partial charge in [-0.2, -0.15) is 0 Å². The molecule has 28 heavy (non-hydrogen) atoms. The first-order valence-corrected chi connectivity index (χ1v) is 12.9. The first-order valence-electron chi connectivity index (χ1n) is 9.95. The Morgan fingerprint density at radius 3 is 2.36 bits per heavy atom. The Kier molecular flexibility index (Phi) is 7.79. The maximum atomic E-state index is 12.6. The molecule has 1 heterocycles. The van der Waals surface area contributed by atoms with Gasteiger partial charge in [0.05, 0.1) is 12.6 Å². The van der Waals surface area contributed by atoms with Crippen LogP contribution in [0.3, 0.4) is 0 Å². The second kappa shape index (κ2) is 8.74. The summed E-state index contributed by atoms with van der Waals surface area (Å²) in [6.45, 7) is 20.7. The molecule has 0 saturated carbocycles. The number of aliphatic hydroxyl groups excluding tert-OH is 1. The fourth-order valence-electron chi connectivity index (χ4n) is 2.58. The van der Waals surface area contributed by atoms with E-state index in [1.165, 1.54) is 4.90 Å². The molecule has 7 heteroatoms. The molecule has 0 aromatic carbocycles. The maximum absolute atomic E-state index is 12.6. The van der Waals surface area contributed by atoms with Gasteiger partial charge in [0.15, 0.2) is 8.32 Å². The molecule has 1 saturated heterocycles. The van der Waals surface area contributed by atoms with Crippen molar-refractivity contribution in [3.63, 3.8) is 0 Å². The summed E-state index contributed by atoms with van der Waals surface area (Å²) in [4.78, 5) is 14.1. The zero-order chi connectivity index (χ0) is 22.0. The van der Waals surface area contributed by atoms with Crippen LogP contribution in [0.5, 0.6) is 0 Å². The zero-order valence-corrected chi connectivity index (χ0v) is 20.3. The van der Waals surface area contributed by atoms with Crippen LogP contribution in [0.15, 0.2) is 0 Å². The van der Waals surface area contributed by atoms with E-state index in [0.717, 1.165) is 0 Å². The van der Waals surface area contributed by atoms with E-state index in [4.69, 9.17) is 13.9 Å². The molecule has 1 aliphatic heterocycles. The molecule has 162 valence electrons. The van der Waals surface area contributed by atoms with Crippen LogP contribution in [0.2, 0.25) is 18.1 Å². The predicted molar refractivity (Wildman–Crippen MR) is 113 cm³/mol. The van der Waals surface area contributed by atoms with Crippen LogP contribution in [0.1, 0.15) is 61.8 Å². The van der Waals surface area contributed by atoms with E-state index >= 15 is 0 Å². The topological polar surface area (TPSA) is 68.2 Å². The summed E-state index contributed by atoms with van der Waals surface area (Å²) >= 11 is 0. The Bertz CT molecular complexity index is 607. The molecule has 2 atom stereocenters. The molecular weight excluding hydrogens is 374 g/mol. The van der Waals surface area contributed by atoms with Gasteiger partial charge in [0.1, 0.15) is 17.4 Å². The second-order valence-corrected chi connectivity index (χ2v) is 15.1. The lowest BCUT2D eigenvalue weighted by Crippen LogP contribution is -2.53. The van der Waals surface area contributed by atoms with Gasteiger partial charge in [0, 0.05) is 13.0 Å². The van der Waals surface area contributed by atoms with Crippen LogP contribution in [0.4, 0.5) is 4.79 Å². The first-order chi connectivity index (χ1) is 12.5. The lowest BCUT2D eigenvalue weighted by atomic mass is 10.1. The van der Waals surface area contributed by atoms with Gasteiger partial charge in [-0.3, -0.25) is 4.90 Å². The Hall–Kier alpha value is -1.07. The zero-order valence-electron chi connectivity index (χ0n) is 19.3. The number of nitrogens with zero attached hydrogens (tertiary/aromatic N) is 1. The number of carbonyl (C=O) groups excluding carboxylic acids is 1. The van der Waals surface area contributed by atoms with Gasteiger partial charge in [-0.15, -0.1) is 0 Å². The van der Waals surface area contributed by atoms with E-state index in [1.807, 2.05) is 20.8 Å². The molecule has 1 aliphatic rings. The van der Waals surface area contributed by atoms with Crippen LogP contribution < -0.4 is 0 Å². The highest BCUT2D eigenvalue weighted by atomic mass is 28.4. The predicted octanol–water partition coefficient (Wildman–Crippen LogP) is 4.13. The minimum absolute atomic E-state index is 0.153. The molecular formula is C21H39NO5Si. The van der Waals surface area contributed by atoms with Crippen molar-refractivity contribution >= 4 is 14.4 Å². The number of amides is 1. The van der Waals surface area contributed by atoms with Crippen molar-refractivity contribution in [3.05, 3.63) is 0 Å². The highest BCUT2D eigenvalue weighted by Crippen LogP contribution is 2.36. The molecule has 0 aliphatic carbocycles. The van der Waals surface area contributed by atoms with Crippen molar-refractivity contribution in [2.75, 3.05) is 13.2 Å². The van der Waals surface area contributed by atoms with E-state index in [9.17, 15) is 9.90 Å². The van der Waals surface area contributed by atoms with E-state index in [2.05, 4.69) is 45.7 Å². The summed E-state index contributed by atoms with van der Waals surface area (Å²) in [5.74, 6) is 5.83. The molecule has 1 fully saturated rings. The lowest BCUT2D eigenvalue weighted by molar-refractivity contribution is -0.0658. The summed E-state index contributed by atoms with van der Waals surface area (Å²) in [7, 11) is -1.80. The van der Waals surface area contributed by atoms with Crippen molar-refractivity contribution in [1.29, 1.82) is 0 Å². The molecule has 1 rings (SSSR count). The van der Waals surface area contributed by atoms with Gasteiger partial charge in [0.2, 0.25) is 0 Å². The standard InChI is InChI=1S/C21H39NO5Si/c1-19(2,3)27-18(24)22-16(15-25-21(22,7)8)17(23)13-11-12-14-26-28(9,10)20(4,5)6/h16-17,23H,12,14-15H2,1-10H3/t16-,17+/m0/s1. The minimum atomic E-state index is -1.80. The van der Waals surface area contributed by atoms with E-state index in [0.29, 0.717) is 13.0 Å². The summed E-state index contributed by atoms with van der Waals surface area (Å²) in [5.41, 5.74) is -1.49. The monoisotopic (exact) mass is 413 g/mol. The summed E-state index contributed by atoms with van der Waals surface area (Å²) in [6, 6.07) is -0.571. The molecule has 0 bridgehead atoms. The Labute approximate surface area is 172 Å². The number of hydrogen-bond donors (Lipinski definition) is 1. The molecule has 0 radical (unpaired) electrons. The largest absolute Gasteiger partial charge is 0.444 e. The average molecular weight is 414 g/mol. The van der Waals surface area contributed by atoms with Crippen LogP contribution in [0.25, 0.3) is 0 Å². The van der Waals surface area contributed by atoms with Crippen molar-refractivity contribution < 1.29 is 23.8 Å². The molecule has 6 nitrogen and oxygen atoms in total. The van der Waals surface area contributed by atoms with Gasteiger partial charge in [-0.1, -0.05) is 32.6 Å². The van der Waals surface area contributed by atoms with Crippen LogP contribution in [0, 0.1) is 11.8 Å². The number of hydrogen-bond acceptors (Lipinski definition) is 5. The van der Waals surface area contributed by atoms with Gasteiger partial charge in [-0.05, 0) is 52.8 Å². The second-order valence-electron chi connectivity index (χ2n) is 10.3. The summed E-state index contributed by atoms with van der Waals surface area (Å²) < 4.78 is 17.3. The van der Waals surface area contributed by atoms with Crippen LogP contribution in [-0.2, 0) is 13.9 Å². The molecule has 0 unspecified atom stereocenters. The average Bonchev–Trinajstić information content (AvgIpc) is 2.79. The third-order valence-corrected chi connectivity index (χ3v) is 9.76. The van der Waals surface area contributed by atoms with Crippen molar-refractivity contribution in [2.24, 2.45) is 0 Å². The molecule has 0 aromatic heterocycles. The lowest BCUT2D eigenvalue weighted by Gasteiger charge is -2.36. The van der Waals surface area contributed by atoms with Crippen molar-refractivity contribution in [3.8, 4) is 11.8 Å². The van der Waals surface area contributed by atoms with Crippen molar-refractivity contribution in [2.45, 2.75) is 103 Å². The minimum Gasteiger partial charge on any atom is -0.444 e. The van der Waals surface area contributed by atoms with Crippen LogP contribution >= 0.6 is 0 Å². The third kappa shape index (κ3) is 6.77. The summed E-state index contributed by atoms with van der Waals surface area (Å²) in [5, 5.41) is 10.7. The number of rotatable bonds is 4. The fraction of sp³-hybridized carbons (Fsp3) is 0.857. The highest BCUT2D eigenvalue weighted by molar-refractivity contribution is 6.74. The Morgan fingerprint density at radius 1 is 1.29 bits per heavy atom. The van der Waals surface area contributed by atoms with Crippen LogP contribution in [-0.4, -0.2) is 61.1 Å². The SMILES string of the molecule is CC(C)(C)OC(=O)N1[C@H]([C@H](O)C#CCCO[Si](C)(C)C(C)(C)C)COC1(C)C. The van der Waals surface area contributed by atoms with E-state index in [1.54, 1.807) is 13.8 Å². The molecule has 1 N–H and O–H groups in total. The smallest absolute Gasteiger partial charge is 0.413 e. The van der Waals surface area contributed by atoms with Crippen molar-refractivity contribution in [1.82, 2.24) is 4.90 Å². The van der Waals surface area contributed by atoms with Gasteiger partial charge in [-0.25, -0.2) is 4.79 Å². The Morgan fingerprint density at radius 2 is 1.86 bits per heavy atom. The quantitative estimate of drug-likeness (QED) is 0.426. The summed E-state index contributed by atoms with van der Waals surface area (Å²) in [6.07, 6.45) is -0.989. The number of aliphatic hydroxyl groups is 1. The number of ether oxygens (including phenoxy) is 2. The van der Waals surface area contributed by atoms with E-state index in [-0.39, 0.29) is 11.6 Å². The third-order valence-electron chi connectivity index (χ3n) is 5.22. The highest BCUT2D eigenvalue weighted by Gasteiger charge is 2.48. The Balaban J connectivity index is 2.72. The molecule has 0 aromatic rings. The van der Waals surface area contributed by atoms with Gasteiger partial charge < -0.3 is 19.0 Å². The number of carbonyl (C=O) groups is 1. The maximum Gasteiger partial charge on any atom is 0.413 e. The van der Waals surface area contributed by atoms with Gasteiger partial charge in [0.25, 0.3) is 0 Å². The normalized spacial score (nSPS) is 21.1. The molecule has 1 amide bonds.